The Morgan fingerprint density at radius 3 is 2.00 bits per heavy atom. The van der Waals surface area contributed by atoms with E-state index in [1.54, 1.807) is 13.8 Å². The van der Waals surface area contributed by atoms with Gasteiger partial charge in [0.05, 0.1) is 0 Å². The molecule has 0 aromatic rings. The van der Waals surface area contributed by atoms with Crippen LogP contribution >= 0.6 is 0 Å². The molecule has 1 aliphatic heterocycles. The number of likely N-dealkylation sites (tertiary alicyclic amines) is 1. The van der Waals surface area contributed by atoms with E-state index in [0.29, 0.717) is 0 Å². The highest BCUT2D eigenvalue weighted by Crippen LogP contribution is 2.24. The van der Waals surface area contributed by atoms with Crippen molar-refractivity contribution >= 4 is 10.1 Å². The van der Waals surface area contributed by atoms with Gasteiger partial charge in [0.1, 0.15) is 4.87 Å². The van der Waals surface area contributed by atoms with Crippen LogP contribution in [0, 0.1) is 0 Å². The Morgan fingerprint density at radius 1 is 1.15 bits per heavy atom. The zero-order chi connectivity index (χ0) is 10.1. The topological polar surface area (TPSA) is 57.6 Å². The molecule has 0 aromatic heterocycles. The Hall–Kier alpha value is -0.130. The van der Waals surface area contributed by atoms with E-state index in [-0.39, 0.29) is 0 Å². The minimum Gasteiger partial charge on any atom is -0.284 e. The zero-order valence-electron chi connectivity index (χ0n) is 8.15. The standard InChI is InChI=1S/C8H17NO3S/c1-8(2,13(10,11)12)9-6-4-3-5-7-9/h3-7H2,1-2H3,(H,10,11,12). The molecule has 1 rings (SSSR count). The first-order valence-corrected chi connectivity index (χ1v) is 6.02. The summed E-state index contributed by atoms with van der Waals surface area (Å²) in [7, 11) is -3.98. The van der Waals surface area contributed by atoms with Crippen LogP contribution in [0.25, 0.3) is 0 Å². The van der Waals surface area contributed by atoms with E-state index in [4.69, 9.17) is 4.55 Å². The van der Waals surface area contributed by atoms with Gasteiger partial charge in [0.15, 0.2) is 0 Å². The lowest BCUT2D eigenvalue weighted by molar-refractivity contribution is 0.146. The monoisotopic (exact) mass is 207 g/mol. The van der Waals surface area contributed by atoms with Crippen LogP contribution in [-0.2, 0) is 10.1 Å². The minimum absolute atomic E-state index is 0.757. The molecule has 0 unspecified atom stereocenters. The third-order valence-electron chi connectivity index (χ3n) is 2.75. The lowest BCUT2D eigenvalue weighted by Crippen LogP contribution is -2.51. The van der Waals surface area contributed by atoms with E-state index in [9.17, 15) is 8.42 Å². The molecule has 5 heteroatoms. The Kier molecular flexibility index (Phi) is 2.99. The maximum Gasteiger partial charge on any atom is 0.283 e. The van der Waals surface area contributed by atoms with Gasteiger partial charge in [-0.05, 0) is 39.8 Å². The lowest BCUT2D eigenvalue weighted by atomic mass is 10.1. The van der Waals surface area contributed by atoms with E-state index in [1.165, 1.54) is 0 Å². The summed E-state index contributed by atoms with van der Waals surface area (Å²) in [4.78, 5) is 0.694. The summed E-state index contributed by atoms with van der Waals surface area (Å²) in [6.45, 7) is 4.61. The van der Waals surface area contributed by atoms with Crippen LogP contribution in [0.1, 0.15) is 33.1 Å². The van der Waals surface area contributed by atoms with Crippen LogP contribution < -0.4 is 0 Å². The van der Waals surface area contributed by atoms with Crippen molar-refractivity contribution in [3.8, 4) is 0 Å². The second-order valence-corrected chi connectivity index (χ2v) is 5.92. The van der Waals surface area contributed by atoms with Gasteiger partial charge < -0.3 is 0 Å². The summed E-state index contributed by atoms with van der Waals surface area (Å²) in [6, 6.07) is 0. The maximum atomic E-state index is 11.1. The Balaban J connectivity index is 2.79. The molecule has 0 aliphatic carbocycles. The normalized spacial score (nSPS) is 21.8. The van der Waals surface area contributed by atoms with E-state index >= 15 is 0 Å². The van der Waals surface area contributed by atoms with E-state index in [2.05, 4.69) is 0 Å². The van der Waals surface area contributed by atoms with Gasteiger partial charge in [-0.2, -0.15) is 8.42 Å². The van der Waals surface area contributed by atoms with Gasteiger partial charge in [-0.3, -0.25) is 9.45 Å². The predicted molar refractivity (Wildman–Crippen MR) is 51.1 cm³/mol. The second-order valence-electron chi connectivity index (χ2n) is 3.97. The fourth-order valence-corrected chi connectivity index (χ4v) is 2.10. The quantitative estimate of drug-likeness (QED) is 0.689. The van der Waals surface area contributed by atoms with Crippen LogP contribution in [0.5, 0.6) is 0 Å². The summed E-state index contributed by atoms with van der Waals surface area (Å²) in [5.74, 6) is 0. The van der Waals surface area contributed by atoms with Crippen molar-refractivity contribution in [3.63, 3.8) is 0 Å². The van der Waals surface area contributed by atoms with Gasteiger partial charge in [0.2, 0.25) is 0 Å². The molecule has 4 nitrogen and oxygen atoms in total. The first-order valence-electron chi connectivity index (χ1n) is 4.58. The molecule has 78 valence electrons. The van der Waals surface area contributed by atoms with Crippen molar-refractivity contribution in [1.82, 2.24) is 4.90 Å². The molecule has 1 saturated heterocycles. The Bertz CT molecular complexity index is 265. The van der Waals surface area contributed by atoms with Crippen molar-refractivity contribution in [1.29, 1.82) is 0 Å². The SMILES string of the molecule is CC(C)(N1CCCCC1)S(=O)(=O)O. The molecule has 1 N–H and O–H groups in total. The fraction of sp³-hybridized carbons (Fsp3) is 1.00. The summed E-state index contributed by atoms with van der Waals surface area (Å²) in [6.07, 6.45) is 3.18. The zero-order valence-corrected chi connectivity index (χ0v) is 8.97. The highest BCUT2D eigenvalue weighted by atomic mass is 32.2. The van der Waals surface area contributed by atoms with Gasteiger partial charge in [0, 0.05) is 0 Å². The van der Waals surface area contributed by atoms with Crippen molar-refractivity contribution in [3.05, 3.63) is 0 Å². The third kappa shape index (κ3) is 2.21. The maximum absolute atomic E-state index is 11.1. The Morgan fingerprint density at radius 2 is 1.62 bits per heavy atom. The van der Waals surface area contributed by atoms with E-state index in [1.807, 2.05) is 4.90 Å². The molecule has 1 fully saturated rings. The first-order chi connectivity index (χ1) is 5.86. The van der Waals surface area contributed by atoms with E-state index in [0.717, 1.165) is 32.4 Å². The molecular formula is C8H17NO3S. The summed E-state index contributed by atoms with van der Waals surface area (Å²) in [5, 5.41) is 0. The highest BCUT2D eigenvalue weighted by molar-refractivity contribution is 7.87. The van der Waals surface area contributed by atoms with Gasteiger partial charge in [-0.15, -0.1) is 0 Å². The molecule has 1 heterocycles. The van der Waals surface area contributed by atoms with Crippen molar-refractivity contribution in [2.45, 2.75) is 38.0 Å². The van der Waals surface area contributed by atoms with E-state index < -0.39 is 15.0 Å². The lowest BCUT2D eigenvalue weighted by Gasteiger charge is -2.38. The fourth-order valence-electron chi connectivity index (χ4n) is 1.60. The summed E-state index contributed by atoms with van der Waals surface area (Å²) >= 11 is 0. The number of nitrogens with zero attached hydrogens (tertiary/aromatic N) is 1. The smallest absolute Gasteiger partial charge is 0.283 e. The second kappa shape index (κ2) is 3.55. The molecule has 0 atom stereocenters. The van der Waals surface area contributed by atoms with Crippen molar-refractivity contribution in [2.24, 2.45) is 0 Å². The molecule has 1 aliphatic rings. The number of rotatable bonds is 2. The minimum atomic E-state index is -3.98. The molecule has 13 heavy (non-hydrogen) atoms. The first kappa shape index (κ1) is 10.9. The molecular weight excluding hydrogens is 190 g/mol. The van der Waals surface area contributed by atoms with Crippen LogP contribution in [0.3, 0.4) is 0 Å². The average molecular weight is 207 g/mol. The molecule has 0 amide bonds. The number of piperidine rings is 1. The highest BCUT2D eigenvalue weighted by Gasteiger charge is 2.39. The van der Waals surface area contributed by atoms with Gasteiger partial charge in [0.25, 0.3) is 10.1 Å². The van der Waals surface area contributed by atoms with Gasteiger partial charge in [-0.1, -0.05) is 6.42 Å². The summed E-state index contributed by atoms with van der Waals surface area (Å²) in [5.41, 5.74) is 0. The Labute approximate surface area is 79.7 Å². The third-order valence-corrected chi connectivity index (χ3v) is 4.27. The van der Waals surface area contributed by atoms with Crippen molar-refractivity contribution < 1.29 is 13.0 Å². The number of hydrogen-bond donors (Lipinski definition) is 1. The molecule has 0 aromatic carbocycles. The van der Waals surface area contributed by atoms with Crippen LogP contribution in [0.15, 0.2) is 0 Å². The van der Waals surface area contributed by atoms with Crippen LogP contribution in [0.2, 0.25) is 0 Å². The van der Waals surface area contributed by atoms with Crippen LogP contribution in [0.4, 0.5) is 0 Å². The molecule has 0 radical (unpaired) electrons. The number of hydrogen-bond acceptors (Lipinski definition) is 3. The average Bonchev–Trinajstić information content (AvgIpc) is 2.04. The van der Waals surface area contributed by atoms with Gasteiger partial charge >= 0.3 is 0 Å². The van der Waals surface area contributed by atoms with Gasteiger partial charge in [-0.25, -0.2) is 0 Å². The molecule has 0 spiro atoms. The van der Waals surface area contributed by atoms with Crippen LogP contribution in [-0.4, -0.2) is 35.8 Å². The molecule has 0 bridgehead atoms. The summed E-state index contributed by atoms with van der Waals surface area (Å²) < 4.78 is 31.2. The van der Waals surface area contributed by atoms with Crippen molar-refractivity contribution in [2.75, 3.05) is 13.1 Å². The largest absolute Gasteiger partial charge is 0.284 e. The predicted octanol–water partition coefficient (Wildman–Crippen LogP) is 1.10. The molecule has 0 saturated carbocycles.